The zero-order valence-corrected chi connectivity index (χ0v) is 11.3. The molecule has 6 heteroatoms. The van der Waals surface area contributed by atoms with Gasteiger partial charge in [0.15, 0.2) is 0 Å². The predicted octanol–water partition coefficient (Wildman–Crippen LogP) is 0.469. The summed E-state index contributed by atoms with van der Waals surface area (Å²) in [7, 11) is -3.53. The van der Waals surface area contributed by atoms with Gasteiger partial charge >= 0.3 is 0 Å². The van der Waals surface area contributed by atoms with Crippen LogP contribution < -0.4 is 10.5 Å². The maximum Gasteiger partial charge on any atom is 0.242 e. The molecule has 18 heavy (non-hydrogen) atoms. The quantitative estimate of drug-likeness (QED) is 0.777. The topological polar surface area (TPSA) is 85.1 Å². The van der Waals surface area contributed by atoms with Crippen molar-refractivity contribution >= 4 is 10.0 Å². The maximum atomic E-state index is 12.0. The number of nitrogens with two attached hydrogens (primary N) is 1. The lowest BCUT2D eigenvalue weighted by Crippen LogP contribution is -2.32. The maximum absolute atomic E-state index is 12.0. The van der Waals surface area contributed by atoms with Crippen LogP contribution in [0.5, 0.6) is 0 Å². The van der Waals surface area contributed by atoms with E-state index in [1.54, 1.807) is 0 Å². The summed E-state index contributed by atoms with van der Waals surface area (Å²) in [6.07, 6.45) is 3.53. The van der Waals surface area contributed by atoms with Crippen LogP contribution in [0.25, 0.3) is 0 Å². The average Bonchev–Trinajstić information content (AvgIpc) is 2.36. The first kappa shape index (κ1) is 14.6. The summed E-state index contributed by atoms with van der Waals surface area (Å²) < 4.78 is 26.6. The highest BCUT2D eigenvalue weighted by atomic mass is 32.2. The Morgan fingerprint density at radius 3 is 2.83 bits per heavy atom. The Hall–Kier alpha value is -1.42. The number of rotatable bonds is 4. The van der Waals surface area contributed by atoms with Gasteiger partial charge in [0.1, 0.15) is 4.90 Å². The van der Waals surface area contributed by atoms with Gasteiger partial charge in [0, 0.05) is 24.0 Å². The van der Waals surface area contributed by atoms with Crippen LogP contribution in [0.15, 0.2) is 23.4 Å². The summed E-state index contributed by atoms with van der Waals surface area (Å²) in [5.41, 5.74) is 5.79. The molecule has 0 saturated carbocycles. The highest BCUT2D eigenvalue weighted by Gasteiger charge is 2.16. The van der Waals surface area contributed by atoms with E-state index in [9.17, 15) is 8.42 Å². The van der Waals surface area contributed by atoms with Crippen LogP contribution in [0, 0.1) is 11.8 Å². The number of nitrogens with zero attached hydrogens (tertiary/aromatic N) is 1. The molecule has 0 saturated heterocycles. The molecule has 1 rings (SSSR count). The number of aromatic nitrogens is 1. The van der Waals surface area contributed by atoms with Crippen molar-refractivity contribution in [1.29, 1.82) is 0 Å². The van der Waals surface area contributed by atoms with Gasteiger partial charge in [-0.15, -0.1) is 0 Å². The second kappa shape index (κ2) is 6.50. The Morgan fingerprint density at radius 1 is 1.50 bits per heavy atom. The number of hydrogen-bond donors (Lipinski definition) is 2. The third-order valence-corrected chi connectivity index (χ3v) is 3.88. The molecule has 0 aliphatic carbocycles. The van der Waals surface area contributed by atoms with Gasteiger partial charge in [-0.3, -0.25) is 4.98 Å². The Bertz CT molecular complexity index is 558. The lowest BCUT2D eigenvalue weighted by atomic mass is 10.3. The summed E-state index contributed by atoms with van der Waals surface area (Å²) >= 11 is 0. The summed E-state index contributed by atoms with van der Waals surface area (Å²) in [5.74, 6) is 5.41. The molecule has 0 spiro atoms. The van der Waals surface area contributed by atoms with Crippen LogP contribution in [0.2, 0.25) is 0 Å². The van der Waals surface area contributed by atoms with Crippen LogP contribution in [0.4, 0.5) is 0 Å². The third-order valence-electron chi connectivity index (χ3n) is 2.33. The van der Waals surface area contributed by atoms with Crippen molar-refractivity contribution in [2.75, 3.05) is 6.54 Å². The van der Waals surface area contributed by atoms with Crippen LogP contribution in [0.1, 0.15) is 25.8 Å². The summed E-state index contributed by atoms with van der Waals surface area (Å²) in [4.78, 5) is 3.99. The van der Waals surface area contributed by atoms with E-state index in [1.165, 1.54) is 18.5 Å². The predicted molar refractivity (Wildman–Crippen MR) is 70.2 cm³/mol. The Balaban J connectivity index is 3.02. The molecular weight excluding hydrogens is 250 g/mol. The highest BCUT2D eigenvalue weighted by molar-refractivity contribution is 7.89. The Kier molecular flexibility index (Phi) is 5.28. The lowest BCUT2D eigenvalue weighted by Gasteiger charge is -2.11. The normalized spacial score (nSPS) is 12.6. The van der Waals surface area contributed by atoms with Gasteiger partial charge in [0.2, 0.25) is 10.0 Å². The Labute approximate surface area is 108 Å². The molecule has 1 heterocycles. The molecule has 3 N–H and O–H groups in total. The van der Waals surface area contributed by atoms with E-state index >= 15 is 0 Å². The molecule has 0 aromatic carbocycles. The minimum Gasteiger partial charge on any atom is -0.320 e. The average molecular weight is 267 g/mol. The van der Waals surface area contributed by atoms with Gasteiger partial charge in [-0.25, -0.2) is 13.1 Å². The van der Waals surface area contributed by atoms with Crippen LogP contribution >= 0.6 is 0 Å². The van der Waals surface area contributed by atoms with Crippen molar-refractivity contribution in [3.8, 4) is 11.8 Å². The zero-order chi connectivity index (χ0) is 13.6. The van der Waals surface area contributed by atoms with E-state index in [4.69, 9.17) is 5.73 Å². The molecule has 0 fully saturated rings. The van der Waals surface area contributed by atoms with E-state index in [-0.39, 0.29) is 17.5 Å². The minimum atomic E-state index is -3.53. The summed E-state index contributed by atoms with van der Waals surface area (Å²) in [5, 5.41) is 0. The smallest absolute Gasteiger partial charge is 0.242 e. The van der Waals surface area contributed by atoms with E-state index < -0.39 is 10.0 Å². The number of nitrogens with one attached hydrogen (secondary N) is 1. The van der Waals surface area contributed by atoms with E-state index in [0.29, 0.717) is 5.56 Å². The second-order valence-electron chi connectivity index (χ2n) is 3.85. The van der Waals surface area contributed by atoms with Crippen molar-refractivity contribution in [1.82, 2.24) is 9.71 Å². The van der Waals surface area contributed by atoms with E-state index in [1.807, 2.05) is 13.8 Å². The summed E-state index contributed by atoms with van der Waals surface area (Å²) in [6.45, 7) is 3.94. The number of pyridine rings is 1. The molecule has 1 unspecified atom stereocenters. The first-order valence-electron chi connectivity index (χ1n) is 5.66. The van der Waals surface area contributed by atoms with Crippen LogP contribution in [-0.2, 0) is 10.0 Å². The molecular formula is C12H17N3O2S. The van der Waals surface area contributed by atoms with E-state index in [0.717, 1.165) is 6.42 Å². The van der Waals surface area contributed by atoms with Gasteiger partial charge in [0.25, 0.3) is 0 Å². The monoisotopic (exact) mass is 267 g/mol. The van der Waals surface area contributed by atoms with Gasteiger partial charge in [-0.1, -0.05) is 18.8 Å². The molecule has 0 amide bonds. The van der Waals surface area contributed by atoms with E-state index in [2.05, 4.69) is 21.5 Å². The Morgan fingerprint density at radius 2 is 2.22 bits per heavy atom. The zero-order valence-electron chi connectivity index (χ0n) is 10.5. The molecule has 0 radical (unpaired) electrons. The first-order valence-corrected chi connectivity index (χ1v) is 7.14. The number of sulfonamides is 1. The molecule has 98 valence electrons. The van der Waals surface area contributed by atoms with Crippen molar-refractivity contribution in [3.05, 3.63) is 24.0 Å². The molecule has 5 nitrogen and oxygen atoms in total. The number of hydrogen-bond acceptors (Lipinski definition) is 4. The van der Waals surface area contributed by atoms with Crippen molar-refractivity contribution in [3.63, 3.8) is 0 Å². The molecule has 1 atom stereocenters. The molecule has 0 bridgehead atoms. The van der Waals surface area contributed by atoms with Gasteiger partial charge in [0.05, 0.1) is 6.54 Å². The standard InChI is InChI=1S/C12H17N3O2S/c1-3-10(2)15-18(16,17)12-7-11(5-4-6-13)8-14-9-12/h7-10,15H,3,6,13H2,1-2H3. The largest absolute Gasteiger partial charge is 0.320 e. The minimum absolute atomic E-state index is 0.117. The summed E-state index contributed by atoms with van der Waals surface area (Å²) in [6, 6.07) is 1.37. The van der Waals surface area contributed by atoms with Crippen molar-refractivity contribution in [2.45, 2.75) is 31.2 Å². The molecule has 1 aromatic heterocycles. The van der Waals surface area contributed by atoms with Gasteiger partial charge in [-0.05, 0) is 19.4 Å². The van der Waals surface area contributed by atoms with Crippen LogP contribution in [-0.4, -0.2) is 26.0 Å². The van der Waals surface area contributed by atoms with Crippen LogP contribution in [0.3, 0.4) is 0 Å². The fourth-order valence-corrected chi connectivity index (χ4v) is 2.52. The fraction of sp³-hybridized carbons (Fsp3) is 0.417. The molecule has 0 aliphatic heterocycles. The highest BCUT2D eigenvalue weighted by Crippen LogP contribution is 2.10. The van der Waals surface area contributed by atoms with Gasteiger partial charge in [-0.2, -0.15) is 0 Å². The second-order valence-corrected chi connectivity index (χ2v) is 5.56. The molecule has 1 aromatic rings. The van der Waals surface area contributed by atoms with Gasteiger partial charge < -0.3 is 5.73 Å². The van der Waals surface area contributed by atoms with Crippen molar-refractivity contribution < 1.29 is 8.42 Å². The first-order chi connectivity index (χ1) is 8.49. The fourth-order valence-electron chi connectivity index (χ4n) is 1.20. The molecule has 0 aliphatic rings. The third kappa shape index (κ3) is 4.11. The SMILES string of the molecule is CCC(C)NS(=O)(=O)c1cncc(C#CCN)c1. The van der Waals surface area contributed by atoms with Crippen molar-refractivity contribution in [2.24, 2.45) is 5.73 Å². The lowest BCUT2D eigenvalue weighted by molar-refractivity contribution is 0.555.